The van der Waals surface area contributed by atoms with Gasteiger partial charge in [-0.05, 0) is 6.92 Å². The Labute approximate surface area is 74.7 Å². The van der Waals surface area contributed by atoms with Crippen molar-refractivity contribution in [2.75, 3.05) is 6.61 Å². The van der Waals surface area contributed by atoms with Crippen molar-refractivity contribution in [3.63, 3.8) is 0 Å². The number of alkyl halides is 2. The quantitative estimate of drug-likeness (QED) is 0.670. The summed E-state index contributed by atoms with van der Waals surface area (Å²) in [6.45, 7) is 1.62. The molecule has 0 spiro atoms. The fraction of sp³-hybridized carbons (Fsp3) is 0.833. The molecule has 0 amide bonds. The van der Waals surface area contributed by atoms with E-state index in [0.717, 1.165) is 0 Å². The molecule has 0 aromatic heterocycles. The number of ether oxygens (including phenoxy) is 1. The second-order valence-corrected chi connectivity index (χ2v) is 2.57. The Morgan fingerprint density at radius 3 is 2.33 bits per heavy atom. The summed E-state index contributed by atoms with van der Waals surface area (Å²) in [5, 5.41) is 0. The molecule has 0 aromatic rings. The minimum absolute atomic E-state index is 0. The molecule has 1 fully saturated rings. The number of hydrogen-bond donors (Lipinski definition) is 1. The number of halogens is 3. The minimum atomic E-state index is -3.07. The van der Waals surface area contributed by atoms with Gasteiger partial charge in [0.15, 0.2) is 5.54 Å². The summed E-state index contributed by atoms with van der Waals surface area (Å²) in [7, 11) is 0. The van der Waals surface area contributed by atoms with E-state index in [2.05, 4.69) is 4.74 Å². The SMILES string of the molecule is CCOC(=O)C1(N)CC1(F)F.Cl. The van der Waals surface area contributed by atoms with Crippen molar-refractivity contribution in [2.24, 2.45) is 5.73 Å². The van der Waals surface area contributed by atoms with Crippen LogP contribution in [-0.2, 0) is 9.53 Å². The summed E-state index contributed by atoms with van der Waals surface area (Å²) < 4.78 is 29.0. The molecule has 1 aliphatic rings. The Balaban J connectivity index is 0.00000121. The molecule has 3 nitrogen and oxygen atoms in total. The zero-order valence-electron chi connectivity index (χ0n) is 6.47. The van der Waals surface area contributed by atoms with Gasteiger partial charge in [-0.3, -0.25) is 0 Å². The number of rotatable bonds is 2. The Bertz CT molecular complexity index is 200. The molecule has 1 rings (SSSR count). The van der Waals surface area contributed by atoms with Crippen molar-refractivity contribution in [2.45, 2.75) is 24.8 Å². The van der Waals surface area contributed by atoms with Crippen LogP contribution in [0.15, 0.2) is 0 Å². The molecule has 0 bridgehead atoms. The number of carbonyl (C=O) groups is 1. The zero-order valence-corrected chi connectivity index (χ0v) is 7.29. The molecular formula is C6H10ClF2NO2. The van der Waals surface area contributed by atoms with Crippen LogP contribution in [-0.4, -0.2) is 24.0 Å². The Morgan fingerprint density at radius 1 is 1.67 bits per heavy atom. The number of hydrogen-bond acceptors (Lipinski definition) is 3. The molecule has 1 unspecified atom stereocenters. The zero-order chi connectivity index (χ0) is 8.70. The third kappa shape index (κ3) is 1.51. The largest absolute Gasteiger partial charge is 0.464 e. The highest BCUT2D eigenvalue weighted by molar-refractivity contribution is 5.86. The lowest BCUT2D eigenvalue weighted by Gasteiger charge is -2.07. The first-order valence-electron chi connectivity index (χ1n) is 3.28. The molecule has 0 aliphatic heterocycles. The van der Waals surface area contributed by atoms with Crippen molar-refractivity contribution in [1.29, 1.82) is 0 Å². The second kappa shape index (κ2) is 3.14. The Hall–Kier alpha value is -0.420. The van der Waals surface area contributed by atoms with E-state index < -0.39 is 23.9 Å². The Morgan fingerprint density at radius 2 is 2.08 bits per heavy atom. The minimum Gasteiger partial charge on any atom is -0.464 e. The van der Waals surface area contributed by atoms with Crippen LogP contribution < -0.4 is 5.73 Å². The lowest BCUT2D eigenvalue weighted by Crippen LogP contribution is -2.40. The highest BCUT2D eigenvalue weighted by atomic mass is 35.5. The number of esters is 1. The highest BCUT2D eigenvalue weighted by Gasteiger charge is 2.75. The third-order valence-electron chi connectivity index (χ3n) is 1.67. The third-order valence-corrected chi connectivity index (χ3v) is 1.67. The van der Waals surface area contributed by atoms with Gasteiger partial charge in [0.1, 0.15) is 0 Å². The van der Waals surface area contributed by atoms with Crippen LogP contribution in [0.25, 0.3) is 0 Å². The van der Waals surface area contributed by atoms with Gasteiger partial charge in [-0.2, -0.15) is 0 Å². The fourth-order valence-corrected chi connectivity index (χ4v) is 0.787. The molecule has 0 heterocycles. The maximum Gasteiger partial charge on any atom is 0.332 e. The maximum atomic E-state index is 12.3. The molecule has 1 atom stereocenters. The first-order valence-corrected chi connectivity index (χ1v) is 3.28. The summed E-state index contributed by atoms with van der Waals surface area (Å²) in [5.74, 6) is -4.08. The monoisotopic (exact) mass is 201 g/mol. The van der Waals surface area contributed by atoms with Crippen molar-refractivity contribution in [3.05, 3.63) is 0 Å². The molecule has 1 aliphatic carbocycles. The predicted molar refractivity (Wildman–Crippen MR) is 40.4 cm³/mol. The predicted octanol–water partition coefficient (Wildman–Crippen LogP) is 0.708. The van der Waals surface area contributed by atoms with Gasteiger partial charge >= 0.3 is 5.97 Å². The molecule has 6 heteroatoms. The smallest absolute Gasteiger partial charge is 0.332 e. The van der Waals surface area contributed by atoms with E-state index in [0.29, 0.717) is 0 Å². The van der Waals surface area contributed by atoms with Crippen LogP contribution in [0.3, 0.4) is 0 Å². The van der Waals surface area contributed by atoms with Crippen molar-refractivity contribution in [3.8, 4) is 0 Å². The first kappa shape index (κ1) is 11.6. The van der Waals surface area contributed by atoms with Crippen LogP contribution in [0.4, 0.5) is 8.78 Å². The number of carbonyl (C=O) groups excluding carboxylic acids is 1. The van der Waals surface area contributed by atoms with E-state index >= 15 is 0 Å². The van der Waals surface area contributed by atoms with Crippen molar-refractivity contribution >= 4 is 18.4 Å². The lowest BCUT2D eigenvalue weighted by atomic mass is 10.3. The van der Waals surface area contributed by atoms with Gasteiger partial charge in [-0.25, -0.2) is 13.6 Å². The van der Waals surface area contributed by atoms with E-state index in [1.54, 1.807) is 6.92 Å². The molecule has 0 aromatic carbocycles. The van der Waals surface area contributed by atoms with Crippen LogP contribution in [0.5, 0.6) is 0 Å². The molecule has 72 valence electrons. The number of nitrogens with two attached hydrogens (primary N) is 1. The second-order valence-electron chi connectivity index (χ2n) is 2.57. The van der Waals surface area contributed by atoms with Gasteiger partial charge in [0, 0.05) is 6.42 Å². The van der Waals surface area contributed by atoms with E-state index in [9.17, 15) is 13.6 Å². The van der Waals surface area contributed by atoms with E-state index in [1.165, 1.54) is 0 Å². The summed E-state index contributed by atoms with van der Waals surface area (Å²) in [6, 6.07) is 0. The van der Waals surface area contributed by atoms with Crippen LogP contribution in [0.2, 0.25) is 0 Å². The van der Waals surface area contributed by atoms with Crippen LogP contribution in [0.1, 0.15) is 13.3 Å². The van der Waals surface area contributed by atoms with Crippen molar-refractivity contribution in [1.82, 2.24) is 0 Å². The van der Waals surface area contributed by atoms with Crippen LogP contribution >= 0.6 is 12.4 Å². The lowest BCUT2D eigenvalue weighted by molar-refractivity contribution is -0.148. The summed E-state index contributed by atoms with van der Waals surface area (Å²) in [6.07, 6.45) is -0.598. The summed E-state index contributed by atoms with van der Waals surface area (Å²) in [4.78, 5) is 10.7. The standard InChI is InChI=1S/C6H9F2NO2.ClH/c1-2-11-4(10)5(9)3-6(5,7)8;/h2-3,9H2,1H3;1H. The van der Waals surface area contributed by atoms with Gasteiger partial charge in [0.2, 0.25) is 0 Å². The van der Waals surface area contributed by atoms with Gasteiger partial charge in [0.05, 0.1) is 6.61 Å². The summed E-state index contributed by atoms with van der Waals surface area (Å²) >= 11 is 0. The topological polar surface area (TPSA) is 52.3 Å². The van der Waals surface area contributed by atoms with E-state index in [1.807, 2.05) is 0 Å². The van der Waals surface area contributed by atoms with Gasteiger partial charge < -0.3 is 10.5 Å². The molecule has 2 N–H and O–H groups in total. The molecule has 1 saturated carbocycles. The molecule has 0 radical (unpaired) electrons. The van der Waals surface area contributed by atoms with Crippen molar-refractivity contribution < 1.29 is 18.3 Å². The molecule has 12 heavy (non-hydrogen) atoms. The van der Waals surface area contributed by atoms with E-state index in [-0.39, 0.29) is 19.0 Å². The average molecular weight is 202 g/mol. The van der Waals surface area contributed by atoms with Gasteiger partial charge in [-0.15, -0.1) is 12.4 Å². The van der Waals surface area contributed by atoms with Gasteiger partial charge in [0.25, 0.3) is 5.92 Å². The average Bonchev–Trinajstić information content (AvgIpc) is 2.35. The van der Waals surface area contributed by atoms with Crippen LogP contribution in [0, 0.1) is 0 Å². The Kier molecular flexibility index (Phi) is 3.03. The fourth-order valence-electron chi connectivity index (χ4n) is 0.787. The maximum absolute atomic E-state index is 12.3. The highest BCUT2D eigenvalue weighted by Crippen LogP contribution is 2.51. The summed E-state index contributed by atoms with van der Waals surface area (Å²) in [5.41, 5.74) is 2.99. The normalized spacial score (nSPS) is 30.3. The molecule has 0 saturated heterocycles. The van der Waals surface area contributed by atoms with Gasteiger partial charge in [-0.1, -0.05) is 0 Å². The first-order chi connectivity index (χ1) is 4.94. The molecular weight excluding hydrogens is 192 g/mol. The van der Waals surface area contributed by atoms with E-state index in [4.69, 9.17) is 5.73 Å².